The molecular formula is C28H20ClF6N5O4. The molecule has 16 heteroatoms. The third-order valence-electron chi connectivity index (χ3n) is 6.77. The summed E-state index contributed by atoms with van der Waals surface area (Å²) in [5.41, 5.74) is -2.67. The molecule has 9 nitrogen and oxygen atoms in total. The summed E-state index contributed by atoms with van der Waals surface area (Å²) in [6.45, 7) is -0.985. The number of hydrogen-bond donors (Lipinski definition) is 1. The van der Waals surface area contributed by atoms with E-state index < -0.39 is 59.6 Å². The fourth-order valence-electron chi connectivity index (χ4n) is 4.71. The van der Waals surface area contributed by atoms with Crippen LogP contribution in [0.1, 0.15) is 23.1 Å². The highest BCUT2D eigenvalue weighted by atomic mass is 35.5. The smallest absolute Gasteiger partial charge is 0.418 e. The van der Waals surface area contributed by atoms with Crippen molar-refractivity contribution in [3.63, 3.8) is 0 Å². The summed E-state index contributed by atoms with van der Waals surface area (Å²) in [5.74, 6) is -4.81. The average molecular weight is 640 g/mol. The molecule has 0 spiro atoms. The molecule has 0 aliphatic heterocycles. The minimum absolute atomic E-state index is 0.0209. The van der Waals surface area contributed by atoms with Crippen LogP contribution >= 0.6 is 11.6 Å². The molecule has 1 N–H and O–H groups in total. The first-order valence-electron chi connectivity index (χ1n) is 12.6. The van der Waals surface area contributed by atoms with Gasteiger partial charge in [-0.1, -0.05) is 17.7 Å². The first-order valence-corrected chi connectivity index (χ1v) is 12.9. The Morgan fingerprint density at radius 2 is 1.68 bits per heavy atom. The lowest BCUT2D eigenvalue weighted by atomic mass is 9.98. The van der Waals surface area contributed by atoms with E-state index in [1.165, 1.54) is 30.3 Å². The standard InChI is InChI=1S/C28H20ClF6N5O4/c1-38-12-36-22(37-38)11-40-26(42)23-20(39(27(40)43)10-13-5-18(30)24(32)19(31)6-13)8-15(9-21(23)44-2)16-7-14(3-4-17(16)29)25(41)28(33,34)35/h3-9,12,25,41H,10-11H2,1-2H3. The highest BCUT2D eigenvalue weighted by Gasteiger charge is 2.39. The van der Waals surface area contributed by atoms with E-state index in [-0.39, 0.29) is 44.2 Å². The summed E-state index contributed by atoms with van der Waals surface area (Å²) in [4.78, 5) is 31.5. The van der Waals surface area contributed by atoms with Crippen LogP contribution in [0.15, 0.2) is 58.4 Å². The van der Waals surface area contributed by atoms with Crippen LogP contribution in [0.25, 0.3) is 22.0 Å². The van der Waals surface area contributed by atoms with Gasteiger partial charge in [-0.25, -0.2) is 22.9 Å². The predicted octanol–water partition coefficient (Wildman–Crippen LogP) is 4.73. The summed E-state index contributed by atoms with van der Waals surface area (Å²) in [5, 5.41) is 13.7. The molecule has 5 aromatic rings. The second kappa shape index (κ2) is 11.5. The third-order valence-corrected chi connectivity index (χ3v) is 7.10. The molecule has 3 aromatic carbocycles. The number of fused-ring (bicyclic) bond motifs is 1. The molecule has 0 aliphatic rings. The molecule has 44 heavy (non-hydrogen) atoms. The number of aliphatic hydroxyl groups is 1. The minimum Gasteiger partial charge on any atom is -0.496 e. The minimum atomic E-state index is -4.99. The normalized spacial score (nSPS) is 12.6. The number of aliphatic hydroxyl groups excluding tert-OH is 1. The third kappa shape index (κ3) is 5.67. The molecule has 0 saturated carbocycles. The number of hydrogen-bond acceptors (Lipinski definition) is 6. The van der Waals surface area contributed by atoms with Crippen molar-refractivity contribution < 1.29 is 36.2 Å². The Hall–Kier alpha value is -4.63. The van der Waals surface area contributed by atoms with E-state index in [0.29, 0.717) is 12.1 Å². The fourth-order valence-corrected chi connectivity index (χ4v) is 4.94. The maximum absolute atomic E-state index is 14.1. The first kappa shape index (κ1) is 30.8. The Morgan fingerprint density at radius 1 is 1.00 bits per heavy atom. The predicted molar refractivity (Wildman–Crippen MR) is 146 cm³/mol. The summed E-state index contributed by atoms with van der Waals surface area (Å²) in [7, 11) is 2.77. The molecule has 0 radical (unpaired) electrons. The Kier molecular flexibility index (Phi) is 8.03. The average Bonchev–Trinajstić information content (AvgIpc) is 3.39. The lowest BCUT2D eigenvalue weighted by Crippen LogP contribution is -2.41. The van der Waals surface area contributed by atoms with Crippen LogP contribution in [0, 0.1) is 17.5 Å². The van der Waals surface area contributed by atoms with Gasteiger partial charge in [-0.15, -0.1) is 0 Å². The van der Waals surface area contributed by atoms with Crippen molar-refractivity contribution >= 4 is 22.5 Å². The molecule has 0 aliphatic carbocycles. The number of aryl methyl sites for hydroxylation is 1. The molecule has 2 heterocycles. The van der Waals surface area contributed by atoms with Crippen molar-refractivity contribution in [1.29, 1.82) is 0 Å². The van der Waals surface area contributed by atoms with E-state index in [9.17, 15) is 41.0 Å². The summed E-state index contributed by atoms with van der Waals surface area (Å²) in [6.07, 6.45) is -6.49. The number of halogens is 7. The molecule has 230 valence electrons. The van der Waals surface area contributed by atoms with Gasteiger partial charge in [0.2, 0.25) is 0 Å². The maximum Gasteiger partial charge on any atom is 0.418 e. The van der Waals surface area contributed by atoms with Crippen molar-refractivity contribution in [2.45, 2.75) is 25.4 Å². The summed E-state index contributed by atoms with van der Waals surface area (Å²) >= 11 is 6.32. The SMILES string of the molecule is COc1cc(-c2cc(C(O)C(F)(F)F)ccc2Cl)cc2c1c(=O)n(Cc1ncn(C)n1)c(=O)n2Cc1cc(F)c(F)c(F)c1. The van der Waals surface area contributed by atoms with E-state index in [0.717, 1.165) is 27.3 Å². The highest BCUT2D eigenvalue weighted by molar-refractivity contribution is 6.33. The van der Waals surface area contributed by atoms with Crippen molar-refractivity contribution in [3.8, 4) is 16.9 Å². The topological polar surface area (TPSA) is 104 Å². The van der Waals surface area contributed by atoms with Crippen molar-refractivity contribution in [3.05, 3.63) is 109 Å². The van der Waals surface area contributed by atoms with Gasteiger partial charge in [-0.2, -0.15) is 18.3 Å². The van der Waals surface area contributed by atoms with Crippen LogP contribution in [-0.4, -0.2) is 42.3 Å². The van der Waals surface area contributed by atoms with E-state index in [4.69, 9.17) is 16.3 Å². The number of methoxy groups -OCH3 is 1. The zero-order valence-electron chi connectivity index (χ0n) is 22.7. The van der Waals surface area contributed by atoms with E-state index in [2.05, 4.69) is 10.1 Å². The van der Waals surface area contributed by atoms with Crippen LogP contribution in [0.3, 0.4) is 0 Å². The van der Waals surface area contributed by atoms with Crippen molar-refractivity contribution in [1.82, 2.24) is 23.9 Å². The Labute approximate surface area is 248 Å². The van der Waals surface area contributed by atoms with Gasteiger partial charge in [0.05, 0.1) is 25.7 Å². The Morgan fingerprint density at radius 3 is 2.27 bits per heavy atom. The molecule has 5 rings (SSSR count). The number of ether oxygens (including phenoxy) is 1. The largest absolute Gasteiger partial charge is 0.496 e. The van der Waals surface area contributed by atoms with Crippen LogP contribution in [0.4, 0.5) is 26.3 Å². The summed E-state index contributed by atoms with van der Waals surface area (Å²) < 4.78 is 90.2. The molecule has 2 aromatic heterocycles. The van der Waals surface area contributed by atoms with Crippen LogP contribution in [0.5, 0.6) is 5.75 Å². The van der Waals surface area contributed by atoms with Crippen LogP contribution in [0.2, 0.25) is 5.02 Å². The second-order valence-electron chi connectivity index (χ2n) is 9.72. The van der Waals surface area contributed by atoms with Crippen LogP contribution < -0.4 is 16.0 Å². The van der Waals surface area contributed by atoms with Gasteiger partial charge in [-0.3, -0.25) is 18.6 Å². The quantitative estimate of drug-likeness (QED) is 0.204. The number of nitrogens with zero attached hydrogens (tertiary/aromatic N) is 5. The maximum atomic E-state index is 14.1. The van der Waals surface area contributed by atoms with Gasteiger partial charge in [0.25, 0.3) is 5.56 Å². The second-order valence-corrected chi connectivity index (χ2v) is 10.1. The zero-order chi connectivity index (χ0) is 32.1. The molecule has 0 bridgehead atoms. The summed E-state index contributed by atoms with van der Waals surface area (Å²) in [6, 6.07) is 7.00. The molecular weight excluding hydrogens is 620 g/mol. The molecule has 1 unspecified atom stereocenters. The van der Waals surface area contributed by atoms with E-state index in [1.807, 2.05) is 0 Å². The van der Waals surface area contributed by atoms with Crippen molar-refractivity contribution in [2.75, 3.05) is 7.11 Å². The highest BCUT2D eigenvalue weighted by Crippen LogP contribution is 2.39. The van der Waals surface area contributed by atoms with Gasteiger partial charge >= 0.3 is 11.9 Å². The van der Waals surface area contributed by atoms with Gasteiger partial charge in [0, 0.05) is 17.6 Å². The van der Waals surface area contributed by atoms with Gasteiger partial charge in [0.15, 0.2) is 29.4 Å². The molecule has 1 atom stereocenters. The zero-order valence-corrected chi connectivity index (χ0v) is 23.4. The Balaban J connectivity index is 1.81. The van der Waals surface area contributed by atoms with Crippen LogP contribution in [-0.2, 0) is 20.1 Å². The van der Waals surface area contributed by atoms with E-state index in [1.54, 1.807) is 7.05 Å². The number of alkyl halides is 3. The number of benzene rings is 3. The van der Waals surface area contributed by atoms with Gasteiger partial charge < -0.3 is 9.84 Å². The molecule has 0 amide bonds. The van der Waals surface area contributed by atoms with Gasteiger partial charge in [-0.05, 0) is 53.1 Å². The lowest BCUT2D eigenvalue weighted by Gasteiger charge is -2.19. The monoisotopic (exact) mass is 639 g/mol. The molecule has 0 fully saturated rings. The Bertz CT molecular complexity index is 2020. The van der Waals surface area contributed by atoms with E-state index >= 15 is 0 Å². The van der Waals surface area contributed by atoms with Gasteiger partial charge in [0.1, 0.15) is 17.5 Å². The molecule has 0 saturated heterocycles. The number of aromatic nitrogens is 5. The fraction of sp³-hybridized carbons (Fsp3) is 0.214. The van der Waals surface area contributed by atoms with Crippen molar-refractivity contribution in [2.24, 2.45) is 7.05 Å². The number of rotatable bonds is 7. The lowest BCUT2D eigenvalue weighted by molar-refractivity contribution is -0.206. The first-order chi connectivity index (χ1) is 20.7.